The highest BCUT2D eigenvalue weighted by Gasteiger charge is 2.69. The van der Waals surface area contributed by atoms with Crippen molar-refractivity contribution in [1.29, 1.82) is 0 Å². The number of phosphoric ester groups is 1. The van der Waals surface area contributed by atoms with Crippen LogP contribution in [0.25, 0.3) is 0 Å². The summed E-state index contributed by atoms with van der Waals surface area (Å²) in [5, 5.41) is 0. The van der Waals surface area contributed by atoms with Crippen LogP contribution in [-0.4, -0.2) is 46.1 Å². The fourth-order valence-corrected chi connectivity index (χ4v) is 8.22. The zero-order valence-electron chi connectivity index (χ0n) is 32.2. The average Bonchev–Trinajstić information content (AvgIpc) is 3.24. The first-order chi connectivity index (χ1) is 28.3. The molecule has 7 rings (SSSR count). The third-order valence-electron chi connectivity index (χ3n) is 10.3. The molecular weight excluding hydrogens is 751 g/mol. The Kier molecular flexibility index (Phi) is 14.1. The van der Waals surface area contributed by atoms with E-state index in [1.807, 2.05) is 182 Å². The number of ether oxygens (including phenoxy) is 5. The van der Waals surface area contributed by atoms with Crippen LogP contribution < -0.4 is 0 Å². The van der Waals surface area contributed by atoms with Crippen LogP contribution in [0.5, 0.6) is 0 Å². The van der Waals surface area contributed by atoms with Crippen molar-refractivity contribution in [2.75, 3.05) is 6.61 Å². The smallest absolute Gasteiger partial charge is 0.374 e. The fourth-order valence-electron chi connectivity index (χ4n) is 7.58. The molecule has 0 aromatic heterocycles. The molecule has 9 nitrogen and oxygen atoms in total. The minimum absolute atomic E-state index is 0.0271. The SMILES string of the molecule is O=P(O)(O)O[C@@]1(Cc2ccccc2)O[C@H](COCc2ccccc2)[C@H](OCc2ccccc2)[C@@H](OCc2ccccc2)[C@@]1(Cc1ccccc1)OCc1ccccc1. The maximum Gasteiger partial charge on any atom is 0.472 e. The first-order valence-corrected chi connectivity index (χ1v) is 21.0. The van der Waals surface area contributed by atoms with Gasteiger partial charge in [0, 0.05) is 12.8 Å². The van der Waals surface area contributed by atoms with Gasteiger partial charge in [0.1, 0.15) is 18.3 Å². The monoisotopic (exact) mass is 800 g/mol. The van der Waals surface area contributed by atoms with Crippen molar-refractivity contribution < 1.29 is 42.6 Å². The maximum atomic E-state index is 13.5. The lowest BCUT2D eigenvalue weighted by molar-refractivity contribution is -0.403. The minimum Gasteiger partial charge on any atom is -0.374 e. The molecule has 300 valence electrons. The van der Waals surface area contributed by atoms with Gasteiger partial charge < -0.3 is 33.5 Å². The highest BCUT2D eigenvalue weighted by molar-refractivity contribution is 7.46. The lowest BCUT2D eigenvalue weighted by Crippen LogP contribution is -2.76. The minimum atomic E-state index is -5.35. The number of hydrogen-bond donors (Lipinski definition) is 2. The highest BCUT2D eigenvalue weighted by Crippen LogP contribution is 2.55. The molecule has 0 aliphatic carbocycles. The molecular formula is C48H49O9P. The van der Waals surface area contributed by atoms with E-state index in [4.69, 9.17) is 28.2 Å². The molecule has 0 saturated carbocycles. The normalized spacial score (nSPS) is 22.1. The fraction of sp³-hybridized carbons (Fsp3) is 0.250. The predicted molar refractivity (Wildman–Crippen MR) is 221 cm³/mol. The van der Waals surface area contributed by atoms with Crippen molar-refractivity contribution in [2.45, 2.75) is 69.0 Å². The molecule has 6 aromatic rings. The summed E-state index contributed by atoms with van der Waals surface area (Å²) in [6.07, 6.45) is -2.98. The van der Waals surface area contributed by atoms with E-state index in [0.717, 1.165) is 27.8 Å². The number of benzene rings is 6. The van der Waals surface area contributed by atoms with Gasteiger partial charge in [0.25, 0.3) is 0 Å². The number of phosphoric acid groups is 1. The summed E-state index contributed by atoms with van der Waals surface area (Å²) in [4.78, 5) is 21.9. The van der Waals surface area contributed by atoms with E-state index in [1.54, 1.807) is 0 Å². The second-order valence-corrected chi connectivity index (χ2v) is 15.6. The van der Waals surface area contributed by atoms with Crippen LogP contribution in [0, 0.1) is 0 Å². The molecule has 1 fully saturated rings. The van der Waals surface area contributed by atoms with Crippen LogP contribution in [0.1, 0.15) is 33.4 Å². The van der Waals surface area contributed by atoms with E-state index >= 15 is 0 Å². The van der Waals surface area contributed by atoms with Crippen LogP contribution in [0.15, 0.2) is 182 Å². The second-order valence-electron chi connectivity index (χ2n) is 14.5. The molecule has 0 radical (unpaired) electrons. The van der Waals surface area contributed by atoms with E-state index in [0.29, 0.717) is 5.56 Å². The predicted octanol–water partition coefficient (Wildman–Crippen LogP) is 9.02. The Hall–Kier alpha value is -4.77. The van der Waals surface area contributed by atoms with Crippen molar-refractivity contribution >= 4 is 7.82 Å². The van der Waals surface area contributed by atoms with Crippen LogP contribution in [0.2, 0.25) is 0 Å². The van der Waals surface area contributed by atoms with Crippen molar-refractivity contribution in [3.05, 3.63) is 215 Å². The molecule has 0 spiro atoms. The Bertz CT molecular complexity index is 2140. The summed E-state index contributed by atoms with van der Waals surface area (Å²) in [6, 6.07) is 57.9. The summed E-state index contributed by atoms with van der Waals surface area (Å²) in [6.45, 7) is 0.564. The molecule has 1 saturated heterocycles. The van der Waals surface area contributed by atoms with Gasteiger partial charge in [-0.3, -0.25) is 4.52 Å². The Morgan fingerprint density at radius 3 is 1.36 bits per heavy atom. The molecule has 1 heterocycles. The largest absolute Gasteiger partial charge is 0.472 e. The van der Waals surface area contributed by atoms with Crippen molar-refractivity contribution in [2.24, 2.45) is 0 Å². The quantitative estimate of drug-likeness (QED) is 0.0776. The standard InChI is InChI=1S/C48H49O9P/c49-58(50,51)57-48(32-39-21-9-2-10-22-39)47(31-38-19-7-1-8-20-38,55-36-43-29-17-6-18-30-43)46(54-35-42-27-15-5-16-28-42)45(53-34-41-25-13-4-14-26-41)44(56-48)37-52-33-40-23-11-3-12-24-40/h1-30,44-46H,31-37H2,(H2,49,50,51)/t44-,45+,46-,47-,48-/m1/s1. The van der Waals surface area contributed by atoms with E-state index < -0.39 is 37.5 Å². The first-order valence-electron chi connectivity index (χ1n) is 19.4. The summed E-state index contributed by atoms with van der Waals surface area (Å²) < 4.78 is 54.6. The summed E-state index contributed by atoms with van der Waals surface area (Å²) in [7, 11) is -5.35. The zero-order valence-corrected chi connectivity index (χ0v) is 33.1. The van der Waals surface area contributed by atoms with Gasteiger partial charge in [-0.25, -0.2) is 4.57 Å². The Balaban J connectivity index is 1.44. The van der Waals surface area contributed by atoms with Crippen molar-refractivity contribution in [3.8, 4) is 0 Å². The van der Waals surface area contributed by atoms with Gasteiger partial charge >= 0.3 is 7.82 Å². The summed E-state index contributed by atoms with van der Waals surface area (Å²) in [5.41, 5.74) is 3.31. The van der Waals surface area contributed by atoms with Crippen LogP contribution in [-0.2, 0) is 72.0 Å². The molecule has 1 aliphatic heterocycles. The van der Waals surface area contributed by atoms with Crippen LogP contribution >= 0.6 is 7.82 Å². The summed E-state index contributed by atoms with van der Waals surface area (Å²) in [5.74, 6) is -2.17. The van der Waals surface area contributed by atoms with Crippen molar-refractivity contribution in [3.63, 3.8) is 0 Å². The lowest BCUT2D eigenvalue weighted by Gasteiger charge is -2.59. The van der Waals surface area contributed by atoms with Crippen molar-refractivity contribution in [1.82, 2.24) is 0 Å². The van der Waals surface area contributed by atoms with Crippen LogP contribution in [0.3, 0.4) is 0 Å². The molecule has 6 aromatic carbocycles. The van der Waals surface area contributed by atoms with E-state index in [-0.39, 0.29) is 45.9 Å². The molecule has 2 N–H and O–H groups in total. The third kappa shape index (κ3) is 10.8. The Labute approximate surface area is 340 Å². The average molecular weight is 801 g/mol. The van der Waals surface area contributed by atoms with E-state index in [2.05, 4.69) is 0 Å². The molecule has 0 unspecified atom stereocenters. The highest BCUT2D eigenvalue weighted by atomic mass is 31.2. The van der Waals surface area contributed by atoms with Gasteiger partial charge in [-0.1, -0.05) is 182 Å². The molecule has 58 heavy (non-hydrogen) atoms. The zero-order chi connectivity index (χ0) is 40.1. The summed E-state index contributed by atoms with van der Waals surface area (Å²) >= 11 is 0. The molecule has 10 heteroatoms. The van der Waals surface area contributed by atoms with Gasteiger partial charge in [-0.2, -0.15) is 0 Å². The lowest BCUT2D eigenvalue weighted by atomic mass is 9.73. The molecule has 1 aliphatic rings. The van der Waals surface area contributed by atoms with Gasteiger partial charge in [0.15, 0.2) is 5.60 Å². The second kappa shape index (κ2) is 19.8. The van der Waals surface area contributed by atoms with Crippen LogP contribution in [0.4, 0.5) is 0 Å². The molecule has 0 amide bonds. The van der Waals surface area contributed by atoms with Gasteiger partial charge in [-0.15, -0.1) is 0 Å². The van der Waals surface area contributed by atoms with Gasteiger partial charge in [-0.05, 0) is 33.4 Å². The third-order valence-corrected chi connectivity index (χ3v) is 10.8. The first kappa shape index (κ1) is 41.4. The number of hydrogen-bond acceptors (Lipinski definition) is 7. The molecule has 0 bridgehead atoms. The van der Waals surface area contributed by atoms with E-state index in [9.17, 15) is 14.4 Å². The number of rotatable bonds is 19. The van der Waals surface area contributed by atoms with Gasteiger partial charge in [0.05, 0.1) is 33.0 Å². The Morgan fingerprint density at radius 2 is 0.897 bits per heavy atom. The Morgan fingerprint density at radius 1 is 0.500 bits per heavy atom. The topological polar surface area (TPSA) is 113 Å². The maximum absolute atomic E-state index is 13.5. The van der Waals surface area contributed by atoms with Gasteiger partial charge in [0.2, 0.25) is 5.79 Å². The van der Waals surface area contributed by atoms with E-state index in [1.165, 1.54) is 0 Å². The molecule has 5 atom stereocenters.